The summed E-state index contributed by atoms with van der Waals surface area (Å²) in [6.45, 7) is 2.04. The first-order chi connectivity index (χ1) is 6.22. The molecule has 0 heterocycles. The van der Waals surface area contributed by atoms with E-state index in [9.17, 15) is 4.79 Å². The standard InChI is InChI=1S/C10H11ClO2/c1-8-2-4-10(5-3-8)13-7-9(12)6-11/h2-5H,6-7H2,1H3. The highest BCUT2D eigenvalue weighted by molar-refractivity contribution is 6.27. The molecule has 1 aromatic rings. The molecule has 0 radical (unpaired) electrons. The Bertz CT molecular complexity index is 279. The molecule has 0 aliphatic heterocycles. The molecular formula is C10H11ClO2. The van der Waals surface area contributed by atoms with Crippen LogP contribution < -0.4 is 4.74 Å². The Morgan fingerprint density at radius 3 is 2.54 bits per heavy atom. The summed E-state index contributed by atoms with van der Waals surface area (Å²) in [7, 11) is 0. The maximum atomic E-state index is 10.8. The SMILES string of the molecule is Cc1ccc(OCC(=O)CCl)cc1. The van der Waals surface area contributed by atoms with Crippen LogP contribution in [0.3, 0.4) is 0 Å². The van der Waals surface area contributed by atoms with Crippen molar-refractivity contribution >= 4 is 17.4 Å². The molecule has 2 nitrogen and oxygen atoms in total. The molecule has 0 saturated carbocycles. The highest BCUT2D eigenvalue weighted by Crippen LogP contribution is 2.10. The van der Waals surface area contributed by atoms with Gasteiger partial charge in [-0.25, -0.2) is 0 Å². The lowest BCUT2D eigenvalue weighted by molar-refractivity contribution is -0.118. The second-order valence-corrected chi connectivity index (χ2v) is 3.04. The first-order valence-electron chi connectivity index (χ1n) is 3.99. The molecule has 0 bridgehead atoms. The van der Waals surface area contributed by atoms with Gasteiger partial charge < -0.3 is 4.74 Å². The Kier molecular flexibility index (Phi) is 3.77. The zero-order chi connectivity index (χ0) is 9.68. The fraction of sp³-hybridized carbons (Fsp3) is 0.300. The van der Waals surface area contributed by atoms with E-state index in [-0.39, 0.29) is 18.3 Å². The van der Waals surface area contributed by atoms with Crippen LogP contribution in [-0.4, -0.2) is 18.3 Å². The van der Waals surface area contributed by atoms with Crippen LogP contribution >= 0.6 is 11.6 Å². The van der Waals surface area contributed by atoms with E-state index in [1.807, 2.05) is 31.2 Å². The number of aryl methyl sites for hydroxylation is 1. The molecule has 70 valence electrons. The van der Waals surface area contributed by atoms with Gasteiger partial charge in [0, 0.05) is 0 Å². The van der Waals surface area contributed by atoms with E-state index in [0.717, 1.165) is 5.56 Å². The molecule has 3 heteroatoms. The first kappa shape index (κ1) is 10.1. The van der Waals surface area contributed by atoms with E-state index in [1.165, 1.54) is 0 Å². The largest absolute Gasteiger partial charge is 0.486 e. The molecule has 0 fully saturated rings. The van der Waals surface area contributed by atoms with Gasteiger partial charge in [-0.05, 0) is 19.1 Å². The molecule has 13 heavy (non-hydrogen) atoms. The predicted octanol–water partition coefficient (Wildman–Crippen LogP) is 2.18. The van der Waals surface area contributed by atoms with Gasteiger partial charge in [-0.3, -0.25) is 4.79 Å². The second-order valence-electron chi connectivity index (χ2n) is 2.77. The summed E-state index contributed by atoms with van der Waals surface area (Å²) in [5.74, 6) is 0.595. The Labute approximate surface area is 82.5 Å². The number of benzene rings is 1. The van der Waals surface area contributed by atoms with Gasteiger partial charge in [-0.1, -0.05) is 17.7 Å². The number of hydrogen-bond acceptors (Lipinski definition) is 2. The lowest BCUT2D eigenvalue weighted by Crippen LogP contribution is -2.11. The molecule has 0 unspecified atom stereocenters. The Balaban J connectivity index is 2.46. The average Bonchev–Trinajstić information content (AvgIpc) is 2.16. The number of hydrogen-bond donors (Lipinski definition) is 0. The third kappa shape index (κ3) is 3.47. The summed E-state index contributed by atoms with van der Waals surface area (Å²) < 4.78 is 5.18. The Hall–Kier alpha value is -1.02. The fourth-order valence-corrected chi connectivity index (χ4v) is 0.914. The van der Waals surface area contributed by atoms with Crippen molar-refractivity contribution in [2.45, 2.75) is 6.92 Å². The van der Waals surface area contributed by atoms with E-state index < -0.39 is 0 Å². The molecule has 1 aromatic carbocycles. The maximum absolute atomic E-state index is 10.8. The number of ketones is 1. The van der Waals surface area contributed by atoms with Gasteiger partial charge in [0.05, 0.1) is 5.88 Å². The number of carbonyl (C=O) groups is 1. The van der Waals surface area contributed by atoms with Crippen molar-refractivity contribution in [1.29, 1.82) is 0 Å². The zero-order valence-corrected chi connectivity index (χ0v) is 8.17. The van der Waals surface area contributed by atoms with Gasteiger partial charge in [0.2, 0.25) is 0 Å². The van der Waals surface area contributed by atoms with Crippen molar-refractivity contribution < 1.29 is 9.53 Å². The number of rotatable bonds is 4. The molecular weight excluding hydrogens is 188 g/mol. The van der Waals surface area contributed by atoms with Gasteiger partial charge in [0.1, 0.15) is 12.4 Å². The number of ether oxygens (including phenoxy) is 1. The smallest absolute Gasteiger partial charge is 0.184 e. The summed E-state index contributed by atoms with van der Waals surface area (Å²) >= 11 is 5.31. The molecule has 0 aliphatic rings. The third-order valence-corrected chi connectivity index (χ3v) is 1.87. The average molecular weight is 199 g/mol. The summed E-state index contributed by atoms with van der Waals surface area (Å²) in [5, 5.41) is 0. The number of halogens is 1. The minimum absolute atomic E-state index is 0.00581. The molecule has 0 aromatic heterocycles. The second kappa shape index (κ2) is 4.87. The van der Waals surface area contributed by atoms with Crippen LogP contribution in [0.5, 0.6) is 5.75 Å². The molecule has 0 atom stereocenters. The van der Waals surface area contributed by atoms with Crippen molar-refractivity contribution in [2.24, 2.45) is 0 Å². The van der Waals surface area contributed by atoms with E-state index in [2.05, 4.69) is 0 Å². The quantitative estimate of drug-likeness (QED) is 0.694. The molecule has 1 rings (SSSR count). The van der Waals surface area contributed by atoms with Gasteiger partial charge in [-0.2, -0.15) is 0 Å². The zero-order valence-electron chi connectivity index (χ0n) is 7.42. The van der Waals surface area contributed by atoms with Crippen molar-refractivity contribution in [3.63, 3.8) is 0 Å². The topological polar surface area (TPSA) is 26.3 Å². The lowest BCUT2D eigenvalue weighted by Gasteiger charge is -2.03. The van der Waals surface area contributed by atoms with Crippen molar-refractivity contribution in [3.05, 3.63) is 29.8 Å². The van der Waals surface area contributed by atoms with Gasteiger partial charge in [0.25, 0.3) is 0 Å². The van der Waals surface area contributed by atoms with E-state index in [0.29, 0.717) is 5.75 Å². The van der Waals surface area contributed by atoms with Gasteiger partial charge >= 0.3 is 0 Å². The summed E-state index contributed by atoms with van der Waals surface area (Å²) in [6, 6.07) is 7.52. The van der Waals surface area contributed by atoms with Crippen LogP contribution in [0, 0.1) is 6.92 Å². The molecule has 0 amide bonds. The fourth-order valence-electron chi connectivity index (χ4n) is 0.837. The first-order valence-corrected chi connectivity index (χ1v) is 4.53. The van der Waals surface area contributed by atoms with Crippen molar-refractivity contribution in [3.8, 4) is 5.75 Å². The number of Topliss-reactive ketones (excluding diaryl/α,β-unsaturated/α-hetero) is 1. The Morgan fingerprint density at radius 1 is 1.38 bits per heavy atom. The van der Waals surface area contributed by atoms with Crippen LogP contribution in [-0.2, 0) is 4.79 Å². The minimum atomic E-state index is -0.109. The van der Waals surface area contributed by atoms with Gasteiger partial charge in [0.15, 0.2) is 5.78 Å². The van der Waals surface area contributed by atoms with Crippen LogP contribution in [0.1, 0.15) is 5.56 Å². The van der Waals surface area contributed by atoms with Crippen molar-refractivity contribution in [1.82, 2.24) is 0 Å². The number of carbonyl (C=O) groups excluding carboxylic acids is 1. The molecule has 0 spiro atoms. The third-order valence-electron chi connectivity index (χ3n) is 1.57. The summed E-state index contributed by atoms with van der Waals surface area (Å²) in [4.78, 5) is 10.8. The monoisotopic (exact) mass is 198 g/mol. The molecule has 0 aliphatic carbocycles. The van der Waals surface area contributed by atoms with Crippen LogP contribution in [0.25, 0.3) is 0 Å². The summed E-state index contributed by atoms with van der Waals surface area (Å²) in [5.41, 5.74) is 1.16. The molecule has 0 saturated heterocycles. The minimum Gasteiger partial charge on any atom is -0.486 e. The lowest BCUT2D eigenvalue weighted by atomic mass is 10.2. The highest BCUT2D eigenvalue weighted by Gasteiger charge is 1.99. The Morgan fingerprint density at radius 2 is 2.00 bits per heavy atom. The van der Waals surface area contributed by atoms with Crippen molar-refractivity contribution in [2.75, 3.05) is 12.5 Å². The van der Waals surface area contributed by atoms with E-state index in [4.69, 9.17) is 16.3 Å². The van der Waals surface area contributed by atoms with Crippen LogP contribution in [0.4, 0.5) is 0 Å². The van der Waals surface area contributed by atoms with Crippen LogP contribution in [0.15, 0.2) is 24.3 Å². The molecule has 0 N–H and O–H groups in total. The van der Waals surface area contributed by atoms with Gasteiger partial charge in [-0.15, -0.1) is 11.6 Å². The summed E-state index contributed by atoms with van der Waals surface area (Å²) in [6.07, 6.45) is 0. The normalized spacial score (nSPS) is 9.69. The number of alkyl halides is 1. The van der Waals surface area contributed by atoms with Crippen LogP contribution in [0.2, 0.25) is 0 Å². The predicted molar refractivity (Wildman–Crippen MR) is 52.4 cm³/mol. The maximum Gasteiger partial charge on any atom is 0.184 e. The highest BCUT2D eigenvalue weighted by atomic mass is 35.5. The van der Waals surface area contributed by atoms with E-state index >= 15 is 0 Å². The van der Waals surface area contributed by atoms with E-state index in [1.54, 1.807) is 0 Å².